The van der Waals surface area contributed by atoms with Crippen molar-refractivity contribution in [3.8, 4) is 0 Å². The number of aliphatic imine (C=N–C) groups is 1. The number of piperidine rings is 1. The van der Waals surface area contributed by atoms with Gasteiger partial charge in [-0.05, 0) is 69.7 Å². The Bertz CT molecular complexity index is 1050. The van der Waals surface area contributed by atoms with Crippen molar-refractivity contribution in [1.29, 1.82) is 0 Å². The van der Waals surface area contributed by atoms with Crippen LogP contribution in [-0.4, -0.2) is 58.4 Å². The van der Waals surface area contributed by atoms with Crippen LogP contribution in [0, 0.1) is 11.8 Å². The molecule has 5 rings (SSSR count). The van der Waals surface area contributed by atoms with E-state index in [4.69, 9.17) is 14.3 Å². The van der Waals surface area contributed by atoms with Crippen molar-refractivity contribution in [1.82, 2.24) is 15.0 Å². The van der Waals surface area contributed by atoms with Gasteiger partial charge in [0.15, 0.2) is 5.82 Å². The SMILES string of the molecule is CC1=CCC(C2=C3CCN2CSC(O[C@H](C)C2CCN(c4nc(C(C)C)no4)CC2)=NC3)C(C)=C1. The number of ether oxygens (including phenoxy) is 1. The summed E-state index contributed by atoms with van der Waals surface area (Å²) in [5.41, 5.74) is 5.90. The molecule has 2 atom stereocenters. The summed E-state index contributed by atoms with van der Waals surface area (Å²) in [5.74, 6) is 2.99. The van der Waals surface area contributed by atoms with E-state index in [1.54, 1.807) is 11.8 Å². The molecule has 0 radical (unpaired) electrons. The molecule has 2 bridgehead atoms. The van der Waals surface area contributed by atoms with Gasteiger partial charge in [-0.1, -0.05) is 42.3 Å². The number of anilines is 1. The molecule has 1 saturated heterocycles. The lowest BCUT2D eigenvalue weighted by Gasteiger charge is -2.34. The summed E-state index contributed by atoms with van der Waals surface area (Å²) < 4.78 is 12.0. The predicted molar refractivity (Wildman–Crippen MR) is 143 cm³/mol. The Kier molecular flexibility index (Phi) is 7.28. The van der Waals surface area contributed by atoms with Gasteiger partial charge in [0.1, 0.15) is 6.10 Å². The van der Waals surface area contributed by atoms with Gasteiger partial charge in [-0.15, -0.1) is 0 Å². The van der Waals surface area contributed by atoms with E-state index in [1.165, 1.54) is 22.4 Å². The first-order valence-electron chi connectivity index (χ1n) is 13.1. The van der Waals surface area contributed by atoms with Crippen LogP contribution in [0.15, 0.2) is 44.1 Å². The lowest BCUT2D eigenvalue weighted by atomic mass is 9.85. The number of thioether (sulfide) groups is 1. The zero-order chi connectivity index (χ0) is 24.5. The average molecular weight is 498 g/mol. The molecule has 3 aliphatic heterocycles. The Morgan fingerprint density at radius 2 is 1.91 bits per heavy atom. The van der Waals surface area contributed by atoms with Crippen LogP contribution in [0.25, 0.3) is 0 Å². The van der Waals surface area contributed by atoms with E-state index in [9.17, 15) is 0 Å². The lowest BCUT2D eigenvalue weighted by molar-refractivity contribution is 0.125. The molecule has 0 saturated carbocycles. The topological polar surface area (TPSA) is 67.0 Å². The summed E-state index contributed by atoms with van der Waals surface area (Å²) >= 11 is 1.76. The highest BCUT2D eigenvalue weighted by Crippen LogP contribution is 2.40. The number of hydrogen-bond acceptors (Lipinski definition) is 8. The average Bonchev–Trinajstić information content (AvgIpc) is 3.49. The molecular formula is C27H39N5O2S. The number of aromatic nitrogens is 2. The molecule has 1 fully saturated rings. The third-order valence-electron chi connectivity index (χ3n) is 7.85. The molecule has 1 unspecified atom stereocenters. The summed E-state index contributed by atoms with van der Waals surface area (Å²) in [5, 5.41) is 4.97. The van der Waals surface area contributed by atoms with Gasteiger partial charge in [0.05, 0.1) is 12.4 Å². The number of hydrogen-bond donors (Lipinski definition) is 0. The summed E-state index contributed by atoms with van der Waals surface area (Å²) in [6.45, 7) is 14.6. The fourth-order valence-electron chi connectivity index (χ4n) is 5.65. The molecule has 190 valence electrons. The molecule has 1 aromatic rings. The molecule has 7 nitrogen and oxygen atoms in total. The molecule has 1 aromatic heterocycles. The minimum atomic E-state index is 0.148. The number of allylic oxidation sites excluding steroid dienone is 4. The second-order valence-electron chi connectivity index (χ2n) is 10.7. The van der Waals surface area contributed by atoms with Crippen molar-refractivity contribution in [2.45, 2.75) is 72.3 Å². The van der Waals surface area contributed by atoms with Crippen molar-refractivity contribution < 1.29 is 9.26 Å². The standard InChI is InChI=1S/C27H39N5O2S/c1-17(2)25-29-26(34-30-25)31-11-8-21(9-12-31)20(5)33-27-28-15-22-10-13-32(16-35-27)24(22)23-7-6-18(3)14-19(23)4/h6,14,17,20-21,23H,7-13,15-16H2,1-5H3/t20-,23?/m1/s1. The molecule has 0 aromatic carbocycles. The van der Waals surface area contributed by atoms with Gasteiger partial charge in [0.25, 0.3) is 0 Å². The van der Waals surface area contributed by atoms with Crippen LogP contribution in [0.3, 0.4) is 0 Å². The van der Waals surface area contributed by atoms with E-state index < -0.39 is 0 Å². The maximum Gasteiger partial charge on any atom is 0.324 e. The third-order valence-corrected chi connectivity index (χ3v) is 8.76. The largest absolute Gasteiger partial charge is 0.470 e. The van der Waals surface area contributed by atoms with Crippen LogP contribution >= 0.6 is 11.8 Å². The highest BCUT2D eigenvalue weighted by atomic mass is 32.2. The van der Waals surface area contributed by atoms with E-state index in [-0.39, 0.29) is 12.0 Å². The first kappa shape index (κ1) is 24.5. The Morgan fingerprint density at radius 1 is 1.11 bits per heavy atom. The minimum Gasteiger partial charge on any atom is -0.470 e. The normalized spacial score (nSPS) is 24.7. The van der Waals surface area contributed by atoms with Crippen molar-refractivity contribution in [3.05, 3.63) is 40.4 Å². The molecule has 4 heterocycles. The fourth-order valence-corrected chi connectivity index (χ4v) is 6.56. The van der Waals surface area contributed by atoms with Crippen molar-refractivity contribution in [3.63, 3.8) is 0 Å². The predicted octanol–water partition coefficient (Wildman–Crippen LogP) is 5.75. The quantitative estimate of drug-likeness (QED) is 0.513. The van der Waals surface area contributed by atoms with Crippen LogP contribution in [-0.2, 0) is 4.74 Å². The van der Waals surface area contributed by atoms with E-state index >= 15 is 0 Å². The Hall–Kier alpha value is -2.22. The number of rotatable bonds is 5. The van der Waals surface area contributed by atoms with Crippen molar-refractivity contribution >= 4 is 23.0 Å². The third kappa shape index (κ3) is 5.32. The number of fused-ring (bicyclic) bond motifs is 1. The van der Waals surface area contributed by atoms with Crippen LogP contribution in [0.4, 0.5) is 6.01 Å². The van der Waals surface area contributed by atoms with Gasteiger partial charge in [0, 0.05) is 37.2 Å². The van der Waals surface area contributed by atoms with Crippen LogP contribution in [0.1, 0.15) is 72.0 Å². The Balaban J connectivity index is 1.18. The fraction of sp³-hybridized carbons (Fsp3) is 0.667. The summed E-state index contributed by atoms with van der Waals surface area (Å²) in [4.78, 5) is 14.3. The second kappa shape index (κ2) is 10.4. The minimum absolute atomic E-state index is 0.148. The maximum atomic E-state index is 6.46. The second-order valence-corrected chi connectivity index (χ2v) is 11.6. The van der Waals surface area contributed by atoms with Gasteiger partial charge < -0.3 is 19.1 Å². The van der Waals surface area contributed by atoms with Gasteiger partial charge in [-0.2, -0.15) is 4.98 Å². The maximum absolute atomic E-state index is 6.46. The molecule has 1 aliphatic carbocycles. The smallest absolute Gasteiger partial charge is 0.324 e. The molecule has 35 heavy (non-hydrogen) atoms. The van der Waals surface area contributed by atoms with Crippen molar-refractivity contribution in [2.24, 2.45) is 16.8 Å². The van der Waals surface area contributed by atoms with Gasteiger partial charge >= 0.3 is 6.01 Å². The molecule has 8 heteroatoms. The van der Waals surface area contributed by atoms with Crippen LogP contribution in [0.5, 0.6) is 0 Å². The van der Waals surface area contributed by atoms with Crippen LogP contribution < -0.4 is 4.90 Å². The summed E-state index contributed by atoms with van der Waals surface area (Å²) in [7, 11) is 0. The van der Waals surface area contributed by atoms with Gasteiger partial charge in [0.2, 0.25) is 5.23 Å². The van der Waals surface area contributed by atoms with E-state index in [1.807, 2.05) is 0 Å². The van der Waals surface area contributed by atoms with E-state index in [2.05, 4.69) is 66.7 Å². The molecular weight excluding hydrogens is 458 g/mol. The van der Waals surface area contributed by atoms with E-state index in [0.717, 1.165) is 68.8 Å². The Labute approximate surface area is 213 Å². The van der Waals surface area contributed by atoms with Gasteiger partial charge in [-0.25, -0.2) is 4.99 Å². The zero-order valence-electron chi connectivity index (χ0n) is 21.8. The van der Waals surface area contributed by atoms with Crippen molar-refractivity contribution in [2.75, 3.05) is 37.0 Å². The highest BCUT2D eigenvalue weighted by molar-refractivity contribution is 8.13. The first-order valence-corrected chi connectivity index (χ1v) is 14.1. The molecule has 0 N–H and O–H groups in total. The monoisotopic (exact) mass is 497 g/mol. The molecule has 0 spiro atoms. The summed E-state index contributed by atoms with van der Waals surface area (Å²) in [6, 6.07) is 0.656. The molecule has 4 aliphatic rings. The van der Waals surface area contributed by atoms with Gasteiger partial charge in [-0.3, -0.25) is 0 Å². The number of nitrogens with zero attached hydrogens (tertiary/aromatic N) is 5. The highest BCUT2D eigenvalue weighted by Gasteiger charge is 2.33. The lowest BCUT2D eigenvalue weighted by Crippen LogP contribution is -2.38. The Morgan fingerprint density at radius 3 is 2.63 bits per heavy atom. The zero-order valence-corrected chi connectivity index (χ0v) is 22.6. The molecule has 0 amide bonds. The van der Waals surface area contributed by atoms with Crippen LogP contribution in [0.2, 0.25) is 0 Å². The first-order chi connectivity index (χ1) is 16.9. The van der Waals surface area contributed by atoms with E-state index in [0.29, 0.717) is 17.9 Å². The summed E-state index contributed by atoms with van der Waals surface area (Å²) in [6.07, 6.45) is 9.22.